The second-order valence-electron chi connectivity index (χ2n) is 3.57. The van der Waals surface area contributed by atoms with Crippen LogP contribution >= 0.6 is 34.0 Å². The number of carbonyl (C=O) groups excluding carboxylic acids is 2. The number of hydrogen-bond donors (Lipinski definition) is 2. The minimum atomic E-state index is -3.30. The van der Waals surface area contributed by atoms with Crippen molar-refractivity contribution in [3.63, 3.8) is 0 Å². The van der Waals surface area contributed by atoms with E-state index in [1.165, 1.54) is 0 Å². The third-order valence-electron chi connectivity index (χ3n) is 2.29. The van der Waals surface area contributed by atoms with Gasteiger partial charge < -0.3 is 0 Å². The number of halogens is 2. The lowest BCUT2D eigenvalue weighted by Crippen LogP contribution is -2.28. The topological polar surface area (TPSA) is 77.8 Å². The van der Waals surface area contributed by atoms with Gasteiger partial charge in [0, 0.05) is 19.0 Å². The van der Waals surface area contributed by atoms with Gasteiger partial charge >= 0.3 is 0 Å². The molecule has 0 aromatic rings. The van der Waals surface area contributed by atoms with Gasteiger partial charge in [-0.1, -0.05) is 28.8 Å². The first-order valence-corrected chi connectivity index (χ1v) is 7.27. The van der Waals surface area contributed by atoms with E-state index >= 15 is 0 Å². The van der Waals surface area contributed by atoms with Crippen LogP contribution in [0.3, 0.4) is 0 Å². The number of amides is 1. The zero-order valence-corrected chi connectivity index (χ0v) is 11.3. The summed E-state index contributed by atoms with van der Waals surface area (Å²) in [7, 11) is -3.30. The van der Waals surface area contributed by atoms with Gasteiger partial charge in [-0.25, -0.2) is 4.31 Å². The van der Waals surface area contributed by atoms with Gasteiger partial charge in [-0.2, -0.15) is 0 Å². The maximum atomic E-state index is 11.4. The molecule has 17 heavy (non-hydrogen) atoms. The van der Waals surface area contributed by atoms with Gasteiger partial charge in [-0.3, -0.25) is 18.7 Å². The molecule has 1 amide bonds. The lowest BCUT2D eigenvalue weighted by Gasteiger charge is -2.36. The number of unbranched alkanes of at least 4 members (excludes halogenated alkanes) is 2. The first kappa shape index (κ1) is 14.8. The molecule has 0 aromatic carbocycles. The molecular weight excluding hydrogens is 289 g/mol. The van der Waals surface area contributed by atoms with Crippen LogP contribution in [0, 0.1) is 0 Å². The van der Waals surface area contributed by atoms with E-state index in [9.17, 15) is 18.7 Å². The Kier molecular flexibility index (Phi) is 5.27. The summed E-state index contributed by atoms with van der Waals surface area (Å²) in [6, 6.07) is 0. The highest BCUT2D eigenvalue weighted by molar-refractivity contribution is 8.27. The van der Waals surface area contributed by atoms with Crippen LogP contribution in [0.1, 0.15) is 25.7 Å². The van der Waals surface area contributed by atoms with Crippen LogP contribution in [0.4, 0.5) is 0 Å². The Labute approximate surface area is 111 Å². The predicted molar refractivity (Wildman–Crippen MR) is 67.8 cm³/mol. The number of nitrogens with zero attached hydrogens (tertiary/aromatic N) is 1. The van der Waals surface area contributed by atoms with Gasteiger partial charge in [-0.15, -0.1) is 0 Å². The first-order chi connectivity index (χ1) is 7.85. The van der Waals surface area contributed by atoms with Crippen LogP contribution in [0.15, 0.2) is 10.4 Å². The summed E-state index contributed by atoms with van der Waals surface area (Å²) in [6.45, 7) is 0.199. The Bertz CT molecular complexity index is 359. The lowest BCUT2D eigenvalue weighted by atomic mass is 10.2. The molecule has 0 saturated carbocycles. The quantitative estimate of drug-likeness (QED) is 0.584. The minimum Gasteiger partial charge on any atom is -0.281 e. The molecule has 1 aliphatic rings. The Morgan fingerprint density at radius 2 is 2.00 bits per heavy atom. The van der Waals surface area contributed by atoms with Gasteiger partial charge in [0.05, 0.1) is 0 Å². The van der Waals surface area contributed by atoms with Crippen molar-refractivity contribution < 1.29 is 18.7 Å². The molecule has 1 rings (SSSR count). The van der Waals surface area contributed by atoms with Gasteiger partial charge in [0.15, 0.2) is 4.36 Å². The normalized spacial score (nSPS) is 20.4. The SMILES string of the molecule is O=C(Cl)CCCCCN1C(=O)C=C(Cl)S1(O)O. The lowest BCUT2D eigenvalue weighted by molar-refractivity contribution is -0.121. The zero-order chi connectivity index (χ0) is 13.1. The molecule has 1 heterocycles. The molecule has 0 saturated heterocycles. The van der Waals surface area contributed by atoms with Crippen molar-refractivity contribution in [2.75, 3.05) is 6.54 Å². The molecule has 8 heteroatoms. The highest BCUT2D eigenvalue weighted by Gasteiger charge is 2.36. The van der Waals surface area contributed by atoms with Crippen molar-refractivity contribution in [3.05, 3.63) is 10.4 Å². The fraction of sp³-hybridized carbons (Fsp3) is 0.556. The molecule has 2 N–H and O–H groups in total. The monoisotopic (exact) mass is 301 g/mol. The van der Waals surface area contributed by atoms with Gasteiger partial charge in [0.25, 0.3) is 5.91 Å². The van der Waals surface area contributed by atoms with E-state index < -0.39 is 21.9 Å². The van der Waals surface area contributed by atoms with Crippen LogP contribution < -0.4 is 0 Å². The van der Waals surface area contributed by atoms with Gasteiger partial charge in [-0.05, 0) is 24.4 Å². The van der Waals surface area contributed by atoms with E-state index in [2.05, 4.69) is 0 Å². The average molecular weight is 302 g/mol. The van der Waals surface area contributed by atoms with E-state index in [0.29, 0.717) is 19.3 Å². The Hall–Kier alpha value is -0.270. The molecule has 0 bridgehead atoms. The maximum absolute atomic E-state index is 11.4. The fourth-order valence-electron chi connectivity index (χ4n) is 1.41. The smallest absolute Gasteiger partial charge is 0.267 e. The van der Waals surface area contributed by atoms with Crippen LogP contribution in [0.5, 0.6) is 0 Å². The summed E-state index contributed by atoms with van der Waals surface area (Å²) in [6.07, 6.45) is 3.15. The summed E-state index contributed by atoms with van der Waals surface area (Å²) in [5, 5.41) is -0.392. The maximum Gasteiger partial charge on any atom is 0.267 e. The molecule has 0 spiro atoms. The van der Waals surface area contributed by atoms with E-state index in [4.69, 9.17) is 23.2 Å². The molecular formula is C9H13Cl2NO4S. The van der Waals surface area contributed by atoms with E-state index in [-0.39, 0.29) is 17.3 Å². The molecule has 98 valence electrons. The van der Waals surface area contributed by atoms with E-state index in [1.54, 1.807) is 0 Å². The van der Waals surface area contributed by atoms with Crippen LogP contribution in [-0.2, 0) is 9.59 Å². The molecule has 0 unspecified atom stereocenters. The predicted octanol–water partition coefficient (Wildman–Crippen LogP) is 2.90. The first-order valence-electron chi connectivity index (χ1n) is 5.01. The molecule has 0 radical (unpaired) electrons. The van der Waals surface area contributed by atoms with Crippen LogP contribution in [0.2, 0.25) is 0 Å². The van der Waals surface area contributed by atoms with Crippen molar-refractivity contribution in [1.82, 2.24) is 4.31 Å². The van der Waals surface area contributed by atoms with E-state index in [0.717, 1.165) is 10.4 Å². The fourth-order valence-corrected chi connectivity index (χ4v) is 3.05. The van der Waals surface area contributed by atoms with E-state index in [1.807, 2.05) is 0 Å². The molecule has 0 fully saturated rings. The van der Waals surface area contributed by atoms with Gasteiger partial charge in [0.1, 0.15) is 0 Å². The van der Waals surface area contributed by atoms with Crippen LogP contribution in [0.25, 0.3) is 0 Å². The summed E-state index contributed by atoms with van der Waals surface area (Å²) < 4.78 is 19.9. The van der Waals surface area contributed by atoms with Crippen molar-refractivity contribution in [3.8, 4) is 0 Å². The van der Waals surface area contributed by atoms with Crippen molar-refractivity contribution in [2.24, 2.45) is 0 Å². The largest absolute Gasteiger partial charge is 0.281 e. The van der Waals surface area contributed by atoms with Crippen molar-refractivity contribution >= 4 is 45.1 Å². The van der Waals surface area contributed by atoms with Gasteiger partial charge in [0.2, 0.25) is 5.24 Å². The van der Waals surface area contributed by atoms with Crippen molar-refractivity contribution in [2.45, 2.75) is 25.7 Å². The average Bonchev–Trinajstić information content (AvgIpc) is 2.39. The summed E-state index contributed by atoms with van der Waals surface area (Å²) in [5.74, 6) is -0.497. The summed E-state index contributed by atoms with van der Waals surface area (Å²) in [5.41, 5.74) is 0. The Balaban J connectivity index is 2.33. The molecule has 0 atom stereocenters. The summed E-state index contributed by atoms with van der Waals surface area (Å²) >= 11 is 10.7. The second kappa shape index (κ2) is 6.06. The molecule has 0 aromatic heterocycles. The van der Waals surface area contributed by atoms with Crippen LogP contribution in [-0.4, -0.2) is 31.1 Å². The molecule has 1 aliphatic heterocycles. The van der Waals surface area contributed by atoms with Crippen molar-refractivity contribution in [1.29, 1.82) is 0 Å². The zero-order valence-electron chi connectivity index (χ0n) is 8.94. The molecule has 0 aliphatic carbocycles. The minimum absolute atomic E-state index is 0.199. The third-order valence-corrected chi connectivity index (χ3v) is 4.82. The number of carbonyl (C=O) groups is 2. The third kappa shape index (κ3) is 3.86. The summed E-state index contributed by atoms with van der Waals surface area (Å²) in [4.78, 5) is 21.8. The number of rotatable bonds is 6. The standard InChI is InChI=1S/C9H13Cl2NO4S/c10-7(13)4-2-1-3-5-12-9(14)6-8(11)17(12,15)16/h6,15-16H,1-5H2. The second-order valence-corrected chi connectivity index (χ2v) is 6.54. The Morgan fingerprint density at radius 1 is 1.35 bits per heavy atom. The highest BCUT2D eigenvalue weighted by Crippen LogP contribution is 2.56. The Morgan fingerprint density at radius 3 is 2.47 bits per heavy atom. The molecule has 5 nitrogen and oxygen atoms in total. The number of hydrogen-bond acceptors (Lipinski definition) is 4. The highest BCUT2D eigenvalue weighted by atomic mass is 35.5.